The molecular formula is C28H31F3N2O3. The van der Waals surface area contributed by atoms with Crippen molar-refractivity contribution in [1.82, 2.24) is 9.88 Å². The molecule has 36 heavy (non-hydrogen) atoms. The lowest BCUT2D eigenvalue weighted by atomic mass is 9.73. The number of fused-ring (bicyclic) bond motifs is 1. The first kappa shape index (κ1) is 25.9. The topological polar surface area (TPSA) is 51.7 Å². The number of amides is 1. The van der Waals surface area contributed by atoms with Crippen molar-refractivity contribution in [3.63, 3.8) is 0 Å². The third-order valence-corrected chi connectivity index (χ3v) is 6.52. The van der Waals surface area contributed by atoms with E-state index in [0.29, 0.717) is 43.6 Å². The maximum absolute atomic E-state index is 13.5. The van der Waals surface area contributed by atoms with Crippen molar-refractivity contribution >= 4 is 17.0 Å². The van der Waals surface area contributed by atoms with Crippen LogP contribution in [0.15, 0.2) is 60.8 Å². The summed E-state index contributed by atoms with van der Waals surface area (Å²) in [4.78, 5) is 18.3. The predicted molar refractivity (Wildman–Crippen MR) is 132 cm³/mol. The van der Waals surface area contributed by atoms with Crippen molar-refractivity contribution in [2.45, 2.75) is 57.4 Å². The van der Waals surface area contributed by atoms with Crippen molar-refractivity contribution < 1.29 is 27.4 Å². The lowest BCUT2D eigenvalue weighted by Gasteiger charge is -2.42. The van der Waals surface area contributed by atoms with Crippen LogP contribution in [0.2, 0.25) is 0 Å². The minimum absolute atomic E-state index is 0.0644. The Morgan fingerprint density at radius 2 is 1.72 bits per heavy atom. The van der Waals surface area contributed by atoms with Crippen LogP contribution < -0.4 is 0 Å². The molecule has 1 fully saturated rings. The van der Waals surface area contributed by atoms with E-state index >= 15 is 0 Å². The smallest absolute Gasteiger partial charge is 0.417 e. The molecule has 1 saturated heterocycles. The van der Waals surface area contributed by atoms with Crippen LogP contribution in [0.25, 0.3) is 10.9 Å². The van der Waals surface area contributed by atoms with Gasteiger partial charge in [-0.25, -0.2) is 4.79 Å². The van der Waals surface area contributed by atoms with E-state index in [9.17, 15) is 18.0 Å². The number of piperidine rings is 1. The number of likely N-dealkylation sites (tertiary alicyclic amines) is 1. The number of hydrogen-bond donors (Lipinski definition) is 0. The maximum Gasteiger partial charge on any atom is 0.417 e. The minimum atomic E-state index is -4.46. The summed E-state index contributed by atoms with van der Waals surface area (Å²) in [5.41, 5.74) is 0.491. The van der Waals surface area contributed by atoms with Crippen molar-refractivity contribution in [3.8, 4) is 0 Å². The number of hydrogen-bond acceptors (Lipinski definition) is 4. The third kappa shape index (κ3) is 5.98. The molecule has 8 heteroatoms. The number of halogens is 3. The molecule has 1 amide bonds. The van der Waals surface area contributed by atoms with Crippen molar-refractivity contribution in [2.75, 3.05) is 19.7 Å². The standard InChI is InChI=1S/C28H31F3N2O3/c1-26(2,3)36-25(34)33-15-12-27(13-16-33,21-7-5-4-6-8-21)19-35-18-20-9-10-24-22(17-20)23(11-14-32-24)28(29,30)31/h4-11,14,17H,12-13,15-16,18-19H2,1-3H3. The van der Waals surface area contributed by atoms with Crippen molar-refractivity contribution in [1.29, 1.82) is 0 Å². The average molecular weight is 501 g/mol. The third-order valence-electron chi connectivity index (χ3n) is 6.52. The van der Waals surface area contributed by atoms with Crippen LogP contribution in [-0.4, -0.2) is 41.3 Å². The molecule has 0 spiro atoms. The fraction of sp³-hybridized carbons (Fsp3) is 0.429. The number of pyridine rings is 1. The number of carbonyl (C=O) groups is 1. The zero-order valence-electron chi connectivity index (χ0n) is 20.8. The highest BCUT2D eigenvalue weighted by molar-refractivity contribution is 5.83. The molecule has 1 aromatic heterocycles. The molecule has 3 aromatic rings. The fourth-order valence-electron chi connectivity index (χ4n) is 4.65. The molecule has 0 unspecified atom stereocenters. The van der Waals surface area contributed by atoms with Gasteiger partial charge in [0.25, 0.3) is 0 Å². The first-order valence-corrected chi connectivity index (χ1v) is 12.0. The number of alkyl halides is 3. The summed E-state index contributed by atoms with van der Waals surface area (Å²) in [6, 6.07) is 15.9. The Kier molecular flexibility index (Phi) is 7.27. The van der Waals surface area contributed by atoms with Crippen LogP contribution in [0.3, 0.4) is 0 Å². The summed E-state index contributed by atoms with van der Waals surface area (Å²) in [5.74, 6) is 0. The summed E-state index contributed by atoms with van der Waals surface area (Å²) < 4.78 is 52.1. The molecule has 2 aromatic carbocycles. The molecule has 0 radical (unpaired) electrons. The number of ether oxygens (including phenoxy) is 2. The molecule has 4 rings (SSSR count). The summed E-state index contributed by atoms with van der Waals surface area (Å²) in [5, 5.41) is 0.0644. The normalized spacial score (nSPS) is 16.2. The molecule has 0 aliphatic carbocycles. The average Bonchev–Trinajstić information content (AvgIpc) is 2.83. The number of rotatable bonds is 5. The first-order chi connectivity index (χ1) is 17.0. The number of nitrogens with zero attached hydrogens (tertiary/aromatic N) is 2. The van der Waals surface area contributed by atoms with E-state index in [4.69, 9.17) is 9.47 Å². The summed E-state index contributed by atoms with van der Waals surface area (Å²) >= 11 is 0. The minimum Gasteiger partial charge on any atom is -0.444 e. The van der Waals surface area contributed by atoms with Crippen LogP contribution in [0.4, 0.5) is 18.0 Å². The Morgan fingerprint density at radius 1 is 1.03 bits per heavy atom. The first-order valence-electron chi connectivity index (χ1n) is 12.0. The summed E-state index contributed by atoms with van der Waals surface area (Å²) in [6.45, 7) is 7.16. The molecule has 192 valence electrons. The van der Waals surface area contributed by atoms with E-state index in [1.807, 2.05) is 39.0 Å². The Balaban J connectivity index is 1.48. The Labute approximate surface area is 209 Å². The highest BCUT2D eigenvalue weighted by atomic mass is 19.4. The van der Waals surface area contributed by atoms with Gasteiger partial charge >= 0.3 is 12.3 Å². The van der Waals surface area contributed by atoms with Crippen LogP contribution in [0, 0.1) is 0 Å². The fourth-order valence-corrected chi connectivity index (χ4v) is 4.65. The molecule has 5 nitrogen and oxygen atoms in total. The van der Waals surface area contributed by atoms with Crippen LogP contribution in [0.5, 0.6) is 0 Å². The highest BCUT2D eigenvalue weighted by Crippen LogP contribution is 2.37. The SMILES string of the molecule is CC(C)(C)OC(=O)N1CCC(COCc2ccc3nccc(C(F)(F)F)c3c2)(c2ccccc2)CC1. The quantitative estimate of drug-likeness (QED) is 0.389. The van der Waals surface area contributed by atoms with E-state index in [2.05, 4.69) is 17.1 Å². The van der Waals surface area contributed by atoms with E-state index in [-0.39, 0.29) is 23.5 Å². The van der Waals surface area contributed by atoms with Crippen molar-refractivity contribution in [3.05, 3.63) is 77.5 Å². The molecule has 2 heterocycles. The van der Waals surface area contributed by atoms with Gasteiger partial charge in [-0.3, -0.25) is 4.98 Å². The Hall–Kier alpha value is -3.13. The van der Waals surface area contributed by atoms with E-state index in [1.54, 1.807) is 17.0 Å². The van der Waals surface area contributed by atoms with E-state index in [1.165, 1.54) is 12.3 Å². The van der Waals surface area contributed by atoms with Gasteiger partial charge in [0.2, 0.25) is 0 Å². The zero-order valence-corrected chi connectivity index (χ0v) is 20.8. The maximum atomic E-state index is 13.5. The Bertz CT molecular complexity index is 1200. The molecule has 0 N–H and O–H groups in total. The largest absolute Gasteiger partial charge is 0.444 e. The molecule has 0 bridgehead atoms. The molecular weight excluding hydrogens is 469 g/mol. The summed E-state index contributed by atoms with van der Waals surface area (Å²) in [7, 11) is 0. The van der Waals surface area contributed by atoms with Gasteiger partial charge in [-0.2, -0.15) is 13.2 Å². The van der Waals surface area contributed by atoms with Gasteiger partial charge in [0.05, 0.1) is 24.3 Å². The van der Waals surface area contributed by atoms with Gasteiger partial charge in [-0.05, 0) is 62.9 Å². The molecule has 1 aliphatic heterocycles. The summed E-state index contributed by atoms with van der Waals surface area (Å²) in [6.07, 6.45) is -2.23. The van der Waals surface area contributed by atoms with Gasteiger partial charge in [-0.15, -0.1) is 0 Å². The number of carbonyl (C=O) groups excluding carboxylic acids is 1. The van der Waals surface area contributed by atoms with Gasteiger partial charge in [0.15, 0.2) is 0 Å². The number of aromatic nitrogens is 1. The second kappa shape index (κ2) is 10.1. The predicted octanol–water partition coefficient (Wildman–Crippen LogP) is 6.74. The lowest BCUT2D eigenvalue weighted by molar-refractivity contribution is -0.136. The van der Waals surface area contributed by atoms with Gasteiger partial charge in [0.1, 0.15) is 5.60 Å². The van der Waals surface area contributed by atoms with Gasteiger partial charge in [-0.1, -0.05) is 36.4 Å². The second-order valence-electron chi connectivity index (χ2n) is 10.3. The van der Waals surface area contributed by atoms with Gasteiger partial charge < -0.3 is 14.4 Å². The van der Waals surface area contributed by atoms with E-state index in [0.717, 1.165) is 11.6 Å². The van der Waals surface area contributed by atoms with Crippen LogP contribution >= 0.6 is 0 Å². The highest BCUT2D eigenvalue weighted by Gasteiger charge is 2.39. The number of benzene rings is 2. The van der Waals surface area contributed by atoms with E-state index < -0.39 is 17.3 Å². The Morgan fingerprint density at radius 3 is 2.36 bits per heavy atom. The zero-order chi connectivity index (χ0) is 26.0. The molecule has 1 aliphatic rings. The van der Waals surface area contributed by atoms with Crippen LogP contribution in [0.1, 0.15) is 50.3 Å². The molecule has 0 saturated carbocycles. The second-order valence-corrected chi connectivity index (χ2v) is 10.3. The van der Waals surface area contributed by atoms with Gasteiger partial charge in [0, 0.05) is 30.1 Å². The molecule has 0 atom stereocenters. The monoisotopic (exact) mass is 500 g/mol. The van der Waals surface area contributed by atoms with Crippen LogP contribution in [-0.2, 0) is 27.7 Å². The lowest BCUT2D eigenvalue weighted by Crippen LogP contribution is -2.48. The van der Waals surface area contributed by atoms with Crippen molar-refractivity contribution in [2.24, 2.45) is 0 Å².